The molecule has 0 aliphatic heterocycles. The van der Waals surface area contributed by atoms with Crippen molar-refractivity contribution in [3.8, 4) is 0 Å². The van der Waals surface area contributed by atoms with Crippen molar-refractivity contribution in [2.24, 2.45) is 0 Å². The Bertz CT molecular complexity index is 828. The molecule has 0 unspecified atom stereocenters. The van der Waals surface area contributed by atoms with E-state index in [-0.39, 0.29) is 11.9 Å². The Hall–Kier alpha value is -2.62. The molecular weight excluding hydrogens is 326 g/mol. The van der Waals surface area contributed by atoms with Crippen LogP contribution >= 0.6 is 0 Å². The first kappa shape index (κ1) is 18.2. The lowest BCUT2D eigenvalue weighted by atomic mass is 9.87. The zero-order chi connectivity index (χ0) is 18.7. The third-order valence-electron chi connectivity index (χ3n) is 5.08. The van der Waals surface area contributed by atoms with Crippen molar-refractivity contribution in [2.45, 2.75) is 52.2 Å². The molecule has 2 aromatic rings. The number of ether oxygens (including phenoxy) is 1. The molecule has 1 aliphatic rings. The molecule has 0 spiro atoms. The molecule has 3 rings (SSSR count). The fraction of sp³-hybridized carbons (Fsp3) is 0.364. The topological polar surface area (TPSA) is 55.4 Å². The number of hydrogen-bond acceptors (Lipinski definition) is 3. The van der Waals surface area contributed by atoms with Crippen LogP contribution < -0.4 is 5.32 Å². The molecule has 26 heavy (non-hydrogen) atoms. The molecule has 0 bridgehead atoms. The molecule has 2 atom stereocenters. The minimum Gasteiger partial charge on any atom is -0.449 e. The van der Waals surface area contributed by atoms with Gasteiger partial charge in [-0.1, -0.05) is 30.3 Å². The van der Waals surface area contributed by atoms with Gasteiger partial charge in [0.05, 0.1) is 11.6 Å². The van der Waals surface area contributed by atoms with Crippen LogP contribution in [-0.2, 0) is 16.0 Å². The Morgan fingerprint density at radius 1 is 1.12 bits per heavy atom. The summed E-state index contributed by atoms with van der Waals surface area (Å²) in [6.07, 6.45) is 2.15. The number of amides is 1. The number of carbonyl (C=O) groups excluding carboxylic acids is 2. The summed E-state index contributed by atoms with van der Waals surface area (Å²) in [4.78, 5) is 24.8. The second-order valence-electron chi connectivity index (χ2n) is 7.00. The Morgan fingerprint density at radius 2 is 1.88 bits per heavy atom. The van der Waals surface area contributed by atoms with E-state index in [0.29, 0.717) is 5.56 Å². The van der Waals surface area contributed by atoms with Gasteiger partial charge >= 0.3 is 5.97 Å². The Labute approximate surface area is 154 Å². The van der Waals surface area contributed by atoms with Gasteiger partial charge in [-0.3, -0.25) is 4.79 Å². The molecule has 0 saturated heterocycles. The summed E-state index contributed by atoms with van der Waals surface area (Å²) < 4.78 is 5.37. The second-order valence-corrected chi connectivity index (χ2v) is 7.00. The SMILES string of the molecule is Cc1ccc(C(=O)O[C@H](C)C(=O)N[C@H]2CCCc3ccccc32)cc1C. The van der Waals surface area contributed by atoms with Gasteiger partial charge < -0.3 is 10.1 Å². The van der Waals surface area contributed by atoms with Crippen LogP contribution in [-0.4, -0.2) is 18.0 Å². The summed E-state index contributed by atoms with van der Waals surface area (Å²) in [5.41, 5.74) is 5.05. The van der Waals surface area contributed by atoms with Crippen LogP contribution in [0.25, 0.3) is 0 Å². The Kier molecular flexibility index (Phi) is 5.40. The van der Waals surface area contributed by atoms with Crippen molar-refractivity contribution >= 4 is 11.9 Å². The van der Waals surface area contributed by atoms with Crippen LogP contribution in [0.15, 0.2) is 42.5 Å². The molecule has 1 aliphatic carbocycles. The molecule has 0 saturated carbocycles. The lowest BCUT2D eigenvalue weighted by molar-refractivity contribution is -0.130. The fourth-order valence-corrected chi connectivity index (χ4v) is 3.34. The maximum Gasteiger partial charge on any atom is 0.338 e. The first-order valence-corrected chi connectivity index (χ1v) is 9.12. The lowest BCUT2D eigenvalue weighted by Gasteiger charge is -2.27. The smallest absolute Gasteiger partial charge is 0.338 e. The van der Waals surface area contributed by atoms with Gasteiger partial charge in [-0.2, -0.15) is 0 Å². The van der Waals surface area contributed by atoms with E-state index in [1.807, 2.05) is 32.0 Å². The summed E-state index contributed by atoms with van der Waals surface area (Å²) in [6.45, 7) is 5.55. The number of nitrogens with one attached hydrogen (secondary N) is 1. The number of rotatable bonds is 4. The van der Waals surface area contributed by atoms with Crippen molar-refractivity contribution in [3.05, 3.63) is 70.3 Å². The maximum absolute atomic E-state index is 12.5. The predicted molar refractivity (Wildman–Crippen MR) is 101 cm³/mol. The molecule has 0 radical (unpaired) electrons. The van der Waals surface area contributed by atoms with Crippen LogP contribution in [0.3, 0.4) is 0 Å². The van der Waals surface area contributed by atoms with Gasteiger partial charge in [-0.05, 0) is 74.4 Å². The quantitative estimate of drug-likeness (QED) is 0.846. The van der Waals surface area contributed by atoms with E-state index in [0.717, 1.165) is 30.4 Å². The van der Waals surface area contributed by atoms with Gasteiger partial charge in [0.25, 0.3) is 5.91 Å². The van der Waals surface area contributed by atoms with Crippen LogP contribution in [0.1, 0.15) is 58.4 Å². The zero-order valence-corrected chi connectivity index (χ0v) is 15.5. The van der Waals surface area contributed by atoms with Crippen LogP contribution in [0.5, 0.6) is 0 Å². The van der Waals surface area contributed by atoms with Gasteiger partial charge in [0.2, 0.25) is 0 Å². The van der Waals surface area contributed by atoms with Gasteiger partial charge in [0.1, 0.15) is 0 Å². The zero-order valence-electron chi connectivity index (χ0n) is 15.5. The average Bonchev–Trinajstić information content (AvgIpc) is 2.64. The molecule has 0 heterocycles. The van der Waals surface area contributed by atoms with Crippen LogP contribution in [0.2, 0.25) is 0 Å². The van der Waals surface area contributed by atoms with E-state index in [2.05, 4.69) is 17.4 Å². The van der Waals surface area contributed by atoms with Crippen LogP contribution in [0, 0.1) is 13.8 Å². The van der Waals surface area contributed by atoms with Crippen molar-refractivity contribution in [1.82, 2.24) is 5.32 Å². The molecule has 0 aromatic heterocycles. The van der Waals surface area contributed by atoms with Gasteiger partial charge in [0.15, 0.2) is 6.10 Å². The van der Waals surface area contributed by atoms with Crippen molar-refractivity contribution in [2.75, 3.05) is 0 Å². The highest BCUT2D eigenvalue weighted by Gasteiger charge is 2.25. The van der Waals surface area contributed by atoms with Crippen LogP contribution in [0.4, 0.5) is 0 Å². The Balaban J connectivity index is 1.63. The van der Waals surface area contributed by atoms with Crippen molar-refractivity contribution < 1.29 is 14.3 Å². The predicted octanol–water partition coefficient (Wildman–Crippen LogP) is 4.04. The minimum atomic E-state index is -0.835. The number of aryl methyl sites for hydroxylation is 3. The molecule has 0 fully saturated rings. The number of hydrogen-bond donors (Lipinski definition) is 1. The number of benzene rings is 2. The Morgan fingerprint density at radius 3 is 2.65 bits per heavy atom. The first-order chi connectivity index (χ1) is 12.5. The summed E-state index contributed by atoms with van der Waals surface area (Å²) in [5.74, 6) is -0.733. The largest absolute Gasteiger partial charge is 0.449 e. The monoisotopic (exact) mass is 351 g/mol. The van der Waals surface area contributed by atoms with Gasteiger partial charge in [-0.25, -0.2) is 4.79 Å². The molecule has 1 N–H and O–H groups in total. The van der Waals surface area contributed by atoms with E-state index in [9.17, 15) is 9.59 Å². The summed E-state index contributed by atoms with van der Waals surface area (Å²) >= 11 is 0. The average molecular weight is 351 g/mol. The summed E-state index contributed by atoms with van der Waals surface area (Å²) in [6, 6.07) is 13.6. The minimum absolute atomic E-state index is 0.0183. The van der Waals surface area contributed by atoms with Crippen molar-refractivity contribution in [1.29, 1.82) is 0 Å². The number of fused-ring (bicyclic) bond motifs is 1. The maximum atomic E-state index is 12.5. The number of esters is 1. The normalized spacial score (nSPS) is 17.1. The molecule has 4 nitrogen and oxygen atoms in total. The lowest BCUT2D eigenvalue weighted by Crippen LogP contribution is -2.39. The van der Waals surface area contributed by atoms with Gasteiger partial charge in [0, 0.05) is 0 Å². The molecular formula is C22H25NO3. The standard InChI is InChI=1S/C22H25NO3/c1-14-11-12-18(13-15(14)2)22(25)26-16(3)21(24)23-20-10-6-8-17-7-4-5-9-19(17)20/h4-5,7,9,11-13,16,20H,6,8,10H2,1-3H3,(H,23,24)/t16-,20+/m1/s1. The third-order valence-corrected chi connectivity index (χ3v) is 5.08. The van der Waals surface area contributed by atoms with Gasteiger partial charge in [-0.15, -0.1) is 0 Å². The molecule has 4 heteroatoms. The highest BCUT2D eigenvalue weighted by molar-refractivity contribution is 5.92. The van der Waals surface area contributed by atoms with E-state index < -0.39 is 12.1 Å². The third kappa shape index (κ3) is 3.96. The van der Waals surface area contributed by atoms with E-state index in [4.69, 9.17) is 4.74 Å². The first-order valence-electron chi connectivity index (χ1n) is 9.12. The molecule has 136 valence electrons. The molecule has 2 aromatic carbocycles. The molecule has 1 amide bonds. The summed E-state index contributed by atoms with van der Waals surface area (Å²) in [7, 11) is 0. The van der Waals surface area contributed by atoms with Crippen molar-refractivity contribution in [3.63, 3.8) is 0 Å². The van der Waals surface area contributed by atoms with E-state index in [1.54, 1.807) is 19.1 Å². The fourth-order valence-electron chi connectivity index (χ4n) is 3.34. The highest BCUT2D eigenvalue weighted by atomic mass is 16.5. The van der Waals surface area contributed by atoms with E-state index >= 15 is 0 Å². The number of carbonyl (C=O) groups is 2. The van der Waals surface area contributed by atoms with E-state index in [1.165, 1.54) is 11.1 Å². The summed E-state index contributed by atoms with van der Waals surface area (Å²) in [5, 5.41) is 3.04. The highest BCUT2D eigenvalue weighted by Crippen LogP contribution is 2.29. The second kappa shape index (κ2) is 7.73.